The Balaban J connectivity index is 0.00000117. The fourth-order valence-electron chi connectivity index (χ4n) is 3.91. The molecule has 0 radical (unpaired) electrons. The third-order valence-corrected chi connectivity index (χ3v) is 5.22. The van der Waals surface area contributed by atoms with Crippen LogP contribution < -0.4 is 10.9 Å². The van der Waals surface area contributed by atoms with E-state index in [2.05, 4.69) is 34.1 Å². The second-order valence-electron chi connectivity index (χ2n) is 8.29. The standard InChI is InChI=1S/C18H25N5O4.CH4O/c1-9(2)15(24)21-17-20-14-13(16(25)22-17)19-8-23(14)12-5-10-6-18(3,4)27-11(10)7-26-12;1-2/h8-12H,5-7H2,1-4H3,(H2,20,21,22,24,25);2H,1H3. The fourth-order valence-corrected chi connectivity index (χ4v) is 3.91. The number of nitrogens with one attached hydrogen (secondary N) is 2. The summed E-state index contributed by atoms with van der Waals surface area (Å²) in [5.41, 5.74) is 0.0939. The lowest BCUT2D eigenvalue weighted by Gasteiger charge is -2.31. The van der Waals surface area contributed by atoms with Gasteiger partial charge in [-0.2, -0.15) is 4.98 Å². The summed E-state index contributed by atoms with van der Waals surface area (Å²) in [5, 5.41) is 9.63. The van der Waals surface area contributed by atoms with Crippen molar-refractivity contribution in [3.8, 4) is 0 Å². The zero-order chi connectivity index (χ0) is 21.3. The van der Waals surface area contributed by atoms with Crippen LogP contribution in [0.1, 0.15) is 46.8 Å². The van der Waals surface area contributed by atoms with Gasteiger partial charge in [-0.3, -0.25) is 24.5 Å². The monoisotopic (exact) mass is 407 g/mol. The van der Waals surface area contributed by atoms with Crippen molar-refractivity contribution in [2.45, 2.75) is 58.5 Å². The van der Waals surface area contributed by atoms with Crippen molar-refractivity contribution < 1.29 is 19.4 Å². The molecule has 3 atom stereocenters. The lowest BCUT2D eigenvalue weighted by atomic mass is 9.89. The van der Waals surface area contributed by atoms with E-state index in [1.807, 2.05) is 0 Å². The quantitative estimate of drug-likeness (QED) is 0.701. The van der Waals surface area contributed by atoms with Gasteiger partial charge in [0.25, 0.3) is 5.56 Å². The molecule has 0 bridgehead atoms. The average Bonchev–Trinajstić information content (AvgIpc) is 3.22. The van der Waals surface area contributed by atoms with E-state index in [0.29, 0.717) is 18.2 Å². The molecule has 2 fully saturated rings. The number of aliphatic hydroxyl groups excluding tert-OH is 1. The van der Waals surface area contributed by atoms with Gasteiger partial charge in [0.15, 0.2) is 11.2 Å². The van der Waals surface area contributed by atoms with Gasteiger partial charge in [-0.25, -0.2) is 4.98 Å². The van der Waals surface area contributed by atoms with Gasteiger partial charge < -0.3 is 14.6 Å². The van der Waals surface area contributed by atoms with Gasteiger partial charge >= 0.3 is 0 Å². The maximum absolute atomic E-state index is 12.3. The Labute approximate surface area is 168 Å². The Bertz CT molecular complexity index is 935. The SMILES string of the molecule is CC(C)C(=O)Nc1nc2c(ncn2C2CC3CC(C)(C)OC3CO2)c(=O)[nH]1.CO. The summed E-state index contributed by atoms with van der Waals surface area (Å²) in [5.74, 6) is 0.0659. The summed E-state index contributed by atoms with van der Waals surface area (Å²) in [6.45, 7) is 8.23. The zero-order valence-electron chi connectivity index (χ0n) is 17.4. The number of ether oxygens (including phenoxy) is 2. The normalized spacial score (nSPS) is 25.4. The minimum absolute atomic E-state index is 0.100. The van der Waals surface area contributed by atoms with Crippen LogP contribution in [0.3, 0.4) is 0 Å². The molecular weight excluding hydrogens is 378 g/mol. The van der Waals surface area contributed by atoms with E-state index in [9.17, 15) is 9.59 Å². The largest absolute Gasteiger partial charge is 0.400 e. The van der Waals surface area contributed by atoms with Crippen LogP contribution in [0.5, 0.6) is 0 Å². The first kappa shape index (κ1) is 21.4. The van der Waals surface area contributed by atoms with E-state index in [-0.39, 0.29) is 41.2 Å². The molecule has 0 saturated carbocycles. The molecule has 1 amide bonds. The number of hydrogen-bond acceptors (Lipinski definition) is 7. The van der Waals surface area contributed by atoms with Crippen molar-refractivity contribution in [1.82, 2.24) is 19.5 Å². The molecule has 10 nitrogen and oxygen atoms in total. The molecule has 160 valence electrons. The molecule has 0 aliphatic carbocycles. The van der Waals surface area contributed by atoms with Crippen molar-refractivity contribution >= 4 is 23.0 Å². The number of aromatic nitrogens is 4. The maximum atomic E-state index is 12.3. The number of aromatic amines is 1. The van der Waals surface area contributed by atoms with E-state index < -0.39 is 5.56 Å². The molecule has 3 N–H and O–H groups in total. The maximum Gasteiger partial charge on any atom is 0.280 e. The topological polar surface area (TPSA) is 131 Å². The highest BCUT2D eigenvalue weighted by molar-refractivity contribution is 5.91. The molecule has 0 aromatic carbocycles. The number of nitrogens with zero attached hydrogens (tertiary/aromatic N) is 3. The number of hydrogen-bond donors (Lipinski definition) is 3. The Morgan fingerprint density at radius 3 is 2.83 bits per heavy atom. The molecule has 29 heavy (non-hydrogen) atoms. The van der Waals surface area contributed by atoms with Crippen LogP contribution in [-0.2, 0) is 14.3 Å². The van der Waals surface area contributed by atoms with Gasteiger partial charge in [0, 0.05) is 13.0 Å². The van der Waals surface area contributed by atoms with E-state index in [1.165, 1.54) is 0 Å². The highest BCUT2D eigenvalue weighted by Gasteiger charge is 2.44. The van der Waals surface area contributed by atoms with Gasteiger partial charge in [-0.05, 0) is 32.6 Å². The third-order valence-electron chi connectivity index (χ3n) is 5.22. The number of H-pyrrole nitrogens is 1. The number of imidazole rings is 1. The summed E-state index contributed by atoms with van der Waals surface area (Å²) in [7, 11) is 1.00. The number of carbonyl (C=O) groups is 1. The Morgan fingerprint density at radius 1 is 1.41 bits per heavy atom. The van der Waals surface area contributed by atoms with Crippen LogP contribution in [0.4, 0.5) is 5.95 Å². The van der Waals surface area contributed by atoms with Crippen molar-refractivity contribution in [2.75, 3.05) is 19.0 Å². The van der Waals surface area contributed by atoms with E-state index in [0.717, 1.165) is 20.0 Å². The average molecular weight is 407 g/mol. The minimum Gasteiger partial charge on any atom is -0.400 e. The molecule has 2 aromatic rings. The van der Waals surface area contributed by atoms with E-state index in [1.54, 1.807) is 24.7 Å². The first-order valence-corrected chi connectivity index (χ1v) is 9.75. The van der Waals surface area contributed by atoms with E-state index in [4.69, 9.17) is 14.6 Å². The number of anilines is 1. The first-order chi connectivity index (χ1) is 13.7. The third kappa shape index (κ3) is 4.34. The van der Waals surface area contributed by atoms with Crippen molar-refractivity contribution in [3.63, 3.8) is 0 Å². The second kappa shape index (κ2) is 8.21. The number of amides is 1. The summed E-state index contributed by atoms with van der Waals surface area (Å²) < 4.78 is 13.8. The second-order valence-corrected chi connectivity index (χ2v) is 8.29. The zero-order valence-corrected chi connectivity index (χ0v) is 17.4. The molecule has 10 heteroatoms. The number of fused-ring (bicyclic) bond motifs is 2. The highest BCUT2D eigenvalue weighted by atomic mass is 16.6. The Hall–Kier alpha value is -2.30. The van der Waals surface area contributed by atoms with Crippen molar-refractivity contribution in [2.24, 2.45) is 11.8 Å². The van der Waals surface area contributed by atoms with Crippen LogP contribution in [0, 0.1) is 11.8 Å². The summed E-state index contributed by atoms with van der Waals surface area (Å²) in [6.07, 6.45) is 3.14. The molecule has 2 aliphatic rings. The van der Waals surface area contributed by atoms with Crippen LogP contribution in [0.15, 0.2) is 11.1 Å². The van der Waals surface area contributed by atoms with Crippen LogP contribution >= 0.6 is 0 Å². The molecule has 3 unspecified atom stereocenters. The van der Waals surface area contributed by atoms with Gasteiger partial charge in [-0.15, -0.1) is 0 Å². The number of aliphatic hydroxyl groups is 1. The van der Waals surface area contributed by atoms with Gasteiger partial charge in [0.1, 0.15) is 6.23 Å². The minimum atomic E-state index is -0.392. The molecule has 2 aromatic heterocycles. The number of carbonyl (C=O) groups excluding carboxylic acids is 1. The Kier molecular flexibility index (Phi) is 6.06. The van der Waals surface area contributed by atoms with Crippen molar-refractivity contribution in [3.05, 3.63) is 16.7 Å². The lowest BCUT2D eigenvalue weighted by molar-refractivity contribution is -0.127. The van der Waals surface area contributed by atoms with E-state index >= 15 is 0 Å². The van der Waals surface area contributed by atoms with Crippen molar-refractivity contribution in [1.29, 1.82) is 0 Å². The number of rotatable bonds is 3. The van der Waals surface area contributed by atoms with Crippen LogP contribution in [0.2, 0.25) is 0 Å². The summed E-state index contributed by atoms with van der Waals surface area (Å²) in [6, 6.07) is 0. The smallest absolute Gasteiger partial charge is 0.280 e. The molecule has 0 spiro atoms. The molecule has 4 heterocycles. The highest BCUT2D eigenvalue weighted by Crippen LogP contribution is 2.42. The summed E-state index contributed by atoms with van der Waals surface area (Å²) >= 11 is 0. The predicted octanol–water partition coefficient (Wildman–Crippen LogP) is 1.43. The molecule has 4 rings (SSSR count). The lowest BCUT2D eigenvalue weighted by Crippen LogP contribution is -2.33. The van der Waals surface area contributed by atoms with Crippen LogP contribution in [-0.4, -0.2) is 56.0 Å². The summed E-state index contributed by atoms with van der Waals surface area (Å²) in [4.78, 5) is 35.4. The predicted molar refractivity (Wildman–Crippen MR) is 106 cm³/mol. The Morgan fingerprint density at radius 2 is 2.14 bits per heavy atom. The first-order valence-electron chi connectivity index (χ1n) is 9.75. The van der Waals surface area contributed by atoms with Gasteiger partial charge in [0.2, 0.25) is 11.9 Å². The molecular formula is C19H29N5O5. The van der Waals surface area contributed by atoms with Gasteiger partial charge in [-0.1, -0.05) is 13.8 Å². The van der Waals surface area contributed by atoms with Gasteiger partial charge in [0.05, 0.1) is 24.6 Å². The molecule has 2 saturated heterocycles. The fraction of sp³-hybridized carbons (Fsp3) is 0.684. The molecule has 2 aliphatic heterocycles. The van der Waals surface area contributed by atoms with Crippen LogP contribution in [0.25, 0.3) is 11.2 Å².